The van der Waals surface area contributed by atoms with E-state index in [4.69, 9.17) is 14.2 Å². The van der Waals surface area contributed by atoms with Crippen LogP contribution in [0.5, 0.6) is 5.75 Å². The van der Waals surface area contributed by atoms with Crippen molar-refractivity contribution in [3.8, 4) is 5.75 Å². The molecule has 9 nitrogen and oxygen atoms in total. The lowest BCUT2D eigenvalue weighted by Crippen LogP contribution is -2.34. The first-order chi connectivity index (χ1) is 15.9. The van der Waals surface area contributed by atoms with Gasteiger partial charge in [0.05, 0.1) is 24.6 Å². The fourth-order valence-corrected chi connectivity index (χ4v) is 5.29. The van der Waals surface area contributed by atoms with Gasteiger partial charge in [0, 0.05) is 32.3 Å². The van der Waals surface area contributed by atoms with Gasteiger partial charge in [0.2, 0.25) is 0 Å². The van der Waals surface area contributed by atoms with Gasteiger partial charge in [-0.15, -0.1) is 0 Å². The second-order valence-corrected chi connectivity index (χ2v) is 9.93. The van der Waals surface area contributed by atoms with Gasteiger partial charge in [0.25, 0.3) is 10.0 Å². The van der Waals surface area contributed by atoms with Crippen LogP contribution in [0.15, 0.2) is 41.6 Å². The topological polar surface area (TPSA) is 107 Å². The predicted molar refractivity (Wildman–Crippen MR) is 123 cm³/mol. The summed E-state index contributed by atoms with van der Waals surface area (Å²) in [6, 6.07) is 7.77. The molecule has 2 heterocycles. The third kappa shape index (κ3) is 5.22. The van der Waals surface area contributed by atoms with Crippen molar-refractivity contribution in [2.24, 2.45) is 5.92 Å². The Labute approximate surface area is 194 Å². The van der Waals surface area contributed by atoms with Crippen molar-refractivity contribution in [1.29, 1.82) is 0 Å². The molecule has 1 aromatic heterocycles. The van der Waals surface area contributed by atoms with Gasteiger partial charge in [-0.3, -0.25) is 4.31 Å². The molecule has 0 amide bonds. The number of hydrogen-bond acceptors (Lipinski definition) is 8. The predicted octanol–water partition coefficient (Wildman–Crippen LogP) is 2.61. The van der Waals surface area contributed by atoms with E-state index < -0.39 is 16.1 Å². The molecular formula is C23H29N3O6S. The molecule has 1 saturated carbocycles. The van der Waals surface area contributed by atoms with Gasteiger partial charge in [0.15, 0.2) is 5.03 Å². The molecule has 1 unspecified atom stereocenters. The van der Waals surface area contributed by atoms with Gasteiger partial charge in [-0.1, -0.05) is 6.07 Å². The van der Waals surface area contributed by atoms with Crippen LogP contribution in [0.1, 0.15) is 25.3 Å². The fraction of sp³-hybridized carbons (Fsp3) is 0.478. The van der Waals surface area contributed by atoms with Gasteiger partial charge in [-0.05, 0) is 49.4 Å². The lowest BCUT2D eigenvalue weighted by atomic mass is 10.1. The number of sulfonamides is 1. The van der Waals surface area contributed by atoms with Crippen molar-refractivity contribution < 1.29 is 27.4 Å². The number of esters is 1. The van der Waals surface area contributed by atoms with Crippen LogP contribution in [0.25, 0.3) is 0 Å². The highest BCUT2D eigenvalue weighted by Gasteiger charge is 2.38. The highest BCUT2D eigenvalue weighted by molar-refractivity contribution is 7.92. The van der Waals surface area contributed by atoms with Crippen LogP contribution in [-0.2, 0) is 30.7 Å². The zero-order valence-electron chi connectivity index (χ0n) is 18.8. The van der Waals surface area contributed by atoms with Crippen LogP contribution < -0.4 is 14.4 Å². The average Bonchev–Trinajstić information content (AvgIpc) is 3.53. The smallest absolute Gasteiger partial charge is 0.328 e. The number of nitrogens with zero attached hydrogens (tertiary/aromatic N) is 2. The Morgan fingerprint density at radius 3 is 2.73 bits per heavy atom. The molecule has 178 valence electrons. The first-order valence-electron chi connectivity index (χ1n) is 11.1. The molecule has 1 N–H and O–H groups in total. The summed E-state index contributed by atoms with van der Waals surface area (Å²) in [5.41, 5.74) is 1.85. The third-order valence-electron chi connectivity index (χ3n) is 5.62. The second kappa shape index (κ2) is 9.96. The Kier molecular flexibility index (Phi) is 7.04. The molecule has 1 atom stereocenters. The molecule has 2 aromatic rings. The van der Waals surface area contributed by atoms with Crippen LogP contribution in [0, 0.1) is 5.92 Å². The number of ether oxygens (including phenoxy) is 3. The number of methoxy groups -OCH3 is 1. The minimum absolute atomic E-state index is 0.0231. The summed E-state index contributed by atoms with van der Waals surface area (Å²) >= 11 is 0. The molecule has 33 heavy (non-hydrogen) atoms. The van der Waals surface area contributed by atoms with Crippen molar-refractivity contribution in [3.63, 3.8) is 0 Å². The molecule has 1 aliphatic carbocycles. The molecule has 10 heteroatoms. The van der Waals surface area contributed by atoms with Crippen molar-refractivity contribution in [2.45, 2.75) is 37.3 Å². The number of aromatic nitrogens is 1. The summed E-state index contributed by atoms with van der Waals surface area (Å²) in [5, 5.41) is 3.18. The average molecular weight is 476 g/mol. The summed E-state index contributed by atoms with van der Waals surface area (Å²) in [5.74, 6) is 0.423. The van der Waals surface area contributed by atoms with Gasteiger partial charge >= 0.3 is 5.97 Å². The van der Waals surface area contributed by atoms with Gasteiger partial charge in [-0.25, -0.2) is 9.78 Å². The standard InChI is InChI=1S/C23H29N3O6S/c1-3-31-23(27)19-13-17-12-18(32-11-10-30-2)14-20(22(17)25-19)26(15-16-7-8-16)33(28,29)21-6-4-5-9-24-21/h4-6,9,12,14,16,19,25H,3,7-8,10-11,13,15H2,1-2H3. The van der Waals surface area contributed by atoms with E-state index in [1.165, 1.54) is 16.6 Å². The third-order valence-corrected chi connectivity index (χ3v) is 7.32. The van der Waals surface area contributed by atoms with Gasteiger partial charge in [-0.2, -0.15) is 8.42 Å². The van der Waals surface area contributed by atoms with Crippen LogP contribution >= 0.6 is 0 Å². The monoisotopic (exact) mass is 475 g/mol. The van der Waals surface area contributed by atoms with E-state index in [1.807, 2.05) is 6.07 Å². The van der Waals surface area contributed by atoms with Crippen LogP contribution in [-0.4, -0.2) is 58.9 Å². The van der Waals surface area contributed by atoms with E-state index in [1.54, 1.807) is 32.2 Å². The van der Waals surface area contributed by atoms with Crippen molar-refractivity contribution in [1.82, 2.24) is 4.98 Å². The van der Waals surface area contributed by atoms with Gasteiger partial charge in [0.1, 0.15) is 18.4 Å². The number of fused-ring (bicyclic) bond motifs is 1. The largest absolute Gasteiger partial charge is 0.491 e. The van der Waals surface area contributed by atoms with Crippen LogP contribution in [0.3, 0.4) is 0 Å². The molecule has 0 bridgehead atoms. The number of benzene rings is 1. The Morgan fingerprint density at radius 2 is 2.06 bits per heavy atom. The molecule has 1 fully saturated rings. The fourth-order valence-electron chi connectivity index (χ4n) is 3.81. The lowest BCUT2D eigenvalue weighted by molar-refractivity contribution is -0.143. The zero-order valence-corrected chi connectivity index (χ0v) is 19.6. The quantitative estimate of drug-likeness (QED) is 0.390. The van der Waals surface area contributed by atoms with E-state index in [0.29, 0.717) is 43.3 Å². The lowest BCUT2D eigenvalue weighted by Gasteiger charge is -2.27. The SMILES string of the molecule is CCOC(=O)C1Cc2cc(OCCOC)cc(N(CC3CC3)S(=O)(=O)c3ccccn3)c2N1. The number of pyridine rings is 1. The first-order valence-corrected chi connectivity index (χ1v) is 12.5. The minimum atomic E-state index is -3.93. The van der Waals surface area contributed by atoms with Gasteiger partial charge < -0.3 is 19.5 Å². The normalized spacial score (nSPS) is 17.2. The van der Waals surface area contributed by atoms with Crippen LogP contribution in [0.2, 0.25) is 0 Å². The van der Waals surface area contributed by atoms with E-state index in [0.717, 1.165) is 18.4 Å². The highest BCUT2D eigenvalue weighted by Crippen LogP contribution is 2.43. The molecule has 1 aliphatic heterocycles. The Bertz CT molecular complexity index is 1090. The summed E-state index contributed by atoms with van der Waals surface area (Å²) in [6.45, 7) is 3.07. The summed E-state index contributed by atoms with van der Waals surface area (Å²) in [7, 11) is -2.35. The summed E-state index contributed by atoms with van der Waals surface area (Å²) in [4.78, 5) is 16.5. The number of anilines is 2. The molecule has 0 spiro atoms. The molecule has 0 radical (unpaired) electrons. The zero-order chi connectivity index (χ0) is 23.4. The molecule has 4 rings (SSSR count). The summed E-state index contributed by atoms with van der Waals surface area (Å²) < 4.78 is 44.8. The Hall–Kier alpha value is -2.85. The van der Waals surface area contributed by atoms with Crippen molar-refractivity contribution >= 4 is 27.4 Å². The van der Waals surface area contributed by atoms with Crippen LogP contribution in [0.4, 0.5) is 11.4 Å². The number of hydrogen-bond donors (Lipinski definition) is 1. The molecule has 2 aliphatic rings. The maximum Gasteiger partial charge on any atom is 0.328 e. The minimum Gasteiger partial charge on any atom is -0.491 e. The second-order valence-electron chi connectivity index (χ2n) is 8.12. The van der Waals surface area contributed by atoms with E-state index in [-0.39, 0.29) is 23.5 Å². The molecule has 1 aromatic carbocycles. The number of carbonyl (C=O) groups is 1. The molecule has 0 saturated heterocycles. The highest BCUT2D eigenvalue weighted by atomic mass is 32.2. The Balaban J connectivity index is 1.76. The van der Waals surface area contributed by atoms with E-state index in [2.05, 4.69) is 10.3 Å². The van der Waals surface area contributed by atoms with E-state index >= 15 is 0 Å². The first kappa shape index (κ1) is 23.3. The molecular weight excluding hydrogens is 446 g/mol. The Morgan fingerprint density at radius 1 is 1.24 bits per heavy atom. The number of nitrogens with one attached hydrogen (secondary N) is 1. The maximum absolute atomic E-state index is 13.7. The maximum atomic E-state index is 13.7. The van der Waals surface area contributed by atoms with E-state index in [9.17, 15) is 13.2 Å². The summed E-state index contributed by atoms with van der Waals surface area (Å²) in [6.07, 6.45) is 3.79. The van der Waals surface area contributed by atoms with Crippen molar-refractivity contribution in [3.05, 3.63) is 42.1 Å². The number of carbonyl (C=O) groups excluding carboxylic acids is 1. The number of rotatable bonds is 11. The van der Waals surface area contributed by atoms with Crippen molar-refractivity contribution in [2.75, 3.05) is 43.1 Å².